The number of aryl methyl sites for hydroxylation is 2. The Morgan fingerprint density at radius 1 is 1.24 bits per heavy atom. The molecular formula is C16H19N5O4. The SMILES string of the molecule is Cc1cc(NC(=O)Nc2ccc3c(c2)nc(C)n3C(CO)CO)no1. The van der Waals surface area contributed by atoms with Gasteiger partial charge < -0.3 is 24.6 Å². The van der Waals surface area contributed by atoms with Crippen molar-refractivity contribution in [1.82, 2.24) is 14.7 Å². The van der Waals surface area contributed by atoms with E-state index in [-0.39, 0.29) is 13.2 Å². The summed E-state index contributed by atoms with van der Waals surface area (Å²) in [6, 6.07) is 5.92. The minimum atomic E-state index is -0.456. The maximum atomic E-state index is 12.0. The molecule has 0 radical (unpaired) electrons. The lowest BCUT2D eigenvalue weighted by atomic mass is 10.2. The molecule has 132 valence electrons. The van der Waals surface area contributed by atoms with Crippen LogP contribution in [0.1, 0.15) is 17.6 Å². The highest BCUT2D eigenvalue weighted by molar-refractivity contribution is 6.00. The second-order valence-electron chi connectivity index (χ2n) is 5.65. The number of benzene rings is 1. The van der Waals surface area contributed by atoms with Gasteiger partial charge >= 0.3 is 6.03 Å². The van der Waals surface area contributed by atoms with E-state index in [2.05, 4.69) is 20.8 Å². The van der Waals surface area contributed by atoms with Crippen LogP contribution in [0.4, 0.5) is 16.3 Å². The van der Waals surface area contributed by atoms with Crippen molar-refractivity contribution in [2.75, 3.05) is 23.8 Å². The van der Waals surface area contributed by atoms with Crippen LogP contribution < -0.4 is 10.6 Å². The van der Waals surface area contributed by atoms with Gasteiger partial charge in [0.15, 0.2) is 5.82 Å². The predicted molar refractivity (Wildman–Crippen MR) is 91.6 cm³/mol. The number of hydrogen-bond acceptors (Lipinski definition) is 6. The number of anilines is 2. The summed E-state index contributed by atoms with van der Waals surface area (Å²) in [4.78, 5) is 16.4. The summed E-state index contributed by atoms with van der Waals surface area (Å²) in [5.41, 5.74) is 1.97. The number of amides is 2. The fourth-order valence-electron chi connectivity index (χ4n) is 2.68. The number of aromatic nitrogens is 3. The first-order valence-electron chi connectivity index (χ1n) is 7.73. The summed E-state index contributed by atoms with van der Waals surface area (Å²) in [7, 11) is 0. The third kappa shape index (κ3) is 3.47. The second kappa shape index (κ2) is 6.91. The summed E-state index contributed by atoms with van der Waals surface area (Å²) in [5, 5.41) is 27.8. The van der Waals surface area contributed by atoms with Gasteiger partial charge in [-0.05, 0) is 32.0 Å². The number of carbonyl (C=O) groups excluding carboxylic acids is 1. The summed E-state index contributed by atoms with van der Waals surface area (Å²) in [5.74, 6) is 1.59. The predicted octanol–water partition coefficient (Wildman–Crippen LogP) is 1.81. The fourth-order valence-corrected chi connectivity index (χ4v) is 2.68. The van der Waals surface area contributed by atoms with Crippen LogP contribution in [0.5, 0.6) is 0 Å². The molecule has 2 heterocycles. The first kappa shape index (κ1) is 16.9. The van der Waals surface area contributed by atoms with Crippen LogP contribution in [-0.2, 0) is 0 Å². The second-order valence-corrected chi connectivity index (χ2v) is 5.65. The maximum Gasteiger partial charge on any atom is 0.324 e. The van der Waals surface area contributed by atoms with Crippen molar-refractivity contribution in [2.45, 2.75) is 19.9 Å². The van der Waals surface area contributed by atoms with Crippen LogP contribution in [0.25, 0.3) is 11.0 Å². The van der Waals surface area contributed by atoms with Gasteiger partial charge in [-0.3, -0.25) is 5.32 Å². The van der Waals surface area contributed by atoms with Crippen LogP contribution in [-0.4, -0.2) is 44.2 Å². The number of fused-ring (bicyclic) bond motifs is 1. The Kier molecular flexibility index (Phi) is 4.68. The zero-order chi connectivity index (χ0) is 18.0. The molecule has 9 heteroatoms. The number of aliphatic hydroxyl groups excluding tert-OH is 2. The molecule has 25 heavy (non-hydrogen) atoms. The highest BCUT2D eigenvalue weighted by atomic mass is 16.5. The lowest BCUT2D eigenvalue weighted by Gasteiger charge is -2.16. The number of rotatable bonds is 5. The Hall–Kier alpha value is -2.91. The quantitative estimate of drug-likeness (QED) is 0.559. The highest BCUT2D eigenvalue weighted by Crippen LogP contribution is 2.24. The highest BCUT2D eigenvalue weighted by Gasteiger charge is 2.16. The molecule has 3 aromatic rings. The summed E-state index contributed by atoms with van der Waals surface area (Å²) in [6.45, 7) is 3.14. The third-order valence-corrected chi connectivity index (χ3v) is 3.78. The molecular weight excluding hydrogens is 326 g/mol. The lowest BCUT2D eigenvalue weighted by molar-refractivity contribution is 0.155. The minimum Gasteiger partial charge on any atom is -0.394 e. The van der Waals surface area contributed by atoms with Gasteiger partial charge in [0.1, 0.15) is 11.6 Å². The molecule has 4 N–H and O–H groups in total. The average Bonchev–Trinajstić information content (AvgIpc) is 3.11. The van der Waals surface area contributed by atoms with E-state index < -0.39 is 12.1 Å². The van der Waals surface area contributed by atoms with E-state index in [1.807, 2.05) is 0 Å². The Labute approximate surface area is 143 Å². The van der Waals surface area contributed by atoms with Gasteiger partial charge in [0.25, 0.3) is 0 Å². The van der Waals surface area contributed by atoms with Gasteiger partial charge in [-0.25, -0.2) is 9.78 Å². The Morgan fingerprint density at radius 2 is 2.00 bits per heavy atom. The molecule has 9 nitrogen and oxygen atoms in total. The van der Waals surface area contributed by atoms with E-state index in [1.54, 1.807) is 42.7 Å². The number of nitrogens with one attached hydrogen (secondary N) is 2. The number of urea groups is 1. The number of nitrogens with zero attached hydrogens (tertiary/aromatic N) is 3. The Morgan fingerprint density at radius 3 is 2.64 bits per heavy atom. The van der Waals surface area contributed by atoms with Crippen molar-refractivity contribution in [2.24, 2.45) is 0 Å². The summed E-state index contributed by atoms with van der Waals surface area (Å²) in [6.07, 6.45) is 0. The maximum absolute atomic E-state index is 12.0. The standard InChI is InChI=1S/C16H19N5O4/c1-9-5-15(20-25-9)19-16(24)18-11-3-4-14-13(6-11)17-10(2)21(14)12(7-22)8-23/h3-6,12,22-23H,7-8H2,1-2H3,(H2,18,19,20,24). The topological polar surface area (TPSA) is 125 Å². The smallest absolute Gasteiger partial charge is 0.324 e. The van der Waals surface area contributed by atoms with Crippen molar-refractivity contribution in [3.05, 3.63) is 35.9 Å². The normalized spacial score (nSPS) is 11.2. The summed E-state index contributed by atoms with van der Waals surface area (Å²) >= 11 is 0. The molecule has 3 rings (SSSR count). The summed E-state index contributed by atoms with van der Waals surface area (Å²) < 4.78 is 6.66. The van der Waals surface area contributed by atoms with Gasteiger partial charge in [0, 0.05) is 11.8 Å². The van der Waals surface area contributed by atoms with E-state index in [9.17, 15) is 15.0 Å². The third-order valence-electron chi connectivity index (χ3n) is 3.78. The number of aliphatic hydroxyl groups is 2. The Bertz CT molecular complexity index is 897. The van der Waals surface area contributed by atoms with Gasteiger partial charge in [0.05, 0.1) is 30.3 Å². The number of imidazole rings is 1. The molecule has 0 saturated heterocycles. The van der Waals surface area contributed by atoms with Crippen molar-refractivity contribution >= 4 is 28.6 Å². The van der Waals surface area contributed by atoms with E-state index in [1.165, 1.54) is 0 Å². The van der Waals surface area contributed by atoms with Crippen LogP contribution in [0.3, 0.4) is 0 Å². The fraction of sp³-hybridized carbons (Fsp3) is 0.312. The molecule has 1 aromatic carbocycles. The monoisotopic (exact) mass is 345 g/mol. The van der Waals surface area contributed by atoms with Crippen LogP contribution in [0.15, 0.2) is 28.8 Å². The molecule has 0 spiro atoms. The van der Waals surface area contributed by atoms with E-state index in [0.29, 0.717) is 28.6 Å². The molecule has 0 fully saturated rings. The number of carbonyl (C=O) groups is 1. The zero-order valence-corrected chi connectivity index (χ0v) is 13.9. The molecule has 0 aliphatic heterocycles. The van der Waals surface area contributed by atoms with Crippen molar-refractivity contribution < 1.29 is 19.5 Å². The largest absolute Gasteiger partial charge is 0.394 e. The molecule has 0 bridgehead atoms. The molecule has 0 atom stereocenters. The molecule has 0 unspecified atom stereocenters. The van der Waals surface area contributed by atoms with Gasteiger partial charge in [-0.1, -0.05) is 5.16 Å². The van der Waals surface area contributed by atoms with Crippen molar-refractivity contribution in [3.63, 3.8) is 0 Å². The van der Waals surface area contributed by atoms with Crippen LogP contribution in [0, 0.1) is 13.8 Å². The lowest BCUT2D eigenvalue weighted by Crippen LogP contribution is -2.19. The van der Waals surface area contributed by atoms with Crippen molar-refractivity contribution in [3.8, 4) is 0 Å². The van der Waals surface area contributed by atoms with Gasteiger partial charge in [-0.2, -0.15) is 0 Å². The van der Waals surface area contributed by atoms with E-state index in [4.69, 9.17) is 4.52 Å². The molecule has 2 aromatic heterocycles. The van der Waals surface area contributed by atoms with E-state index in [0.717, 1.165) is 5.52 Å². The number of hydrogen-bond donors (Lipinski definition) is 4. The van der Waals surface area contributed by atoms with Crippen molar-refractivity contribution in [1.29, 1.82) is 0 Å². The Balaban J connectivity index is 1.80. The van der Waals surface area contributed by atoms with Gasteiger partial charge in [-0.15, -0.1) is 0 Å². The van der Waals surface area contributed by atoms with Gasteiger partial charge in [0.2, 0.25) is 0 Å². The van der Waals surface area contributed by atoms with E-state index >= 15 is 0 Å². The van der Waals surface area contributed by atoms with Crippen LogP contribution in [0.2, 0.25) is 0 Å². The molecule has 0 aliphatic rings. The minimum absolute atomic E-state index is 0.192. The molecule has 2 amide bonds. The first-order chi connectivity index (χ1) is 12.0. The average molecular weight is 345 g/mol. The zero-order valence-electron chi connectivity index (χ0n) is 13.9. The van der Waals surface area contributed by atoms with Crippen LogP contribution >= 0.6 is 0 Å². The first-order valence-corrected chi connectivity index (χ1v) is 7.73. The molecule has 0 saturated carbocycles. The molecule has 0 aliphatic carbocycles.